The van der Waals surface area contributed by atoms with E-state index in [2.05, 4.69) is 19.6 Å². The van der Waals surface area contributed by atoms with Crippen LogP contribution in [0.15, 0.2) is 0 Å². The largest absolute Gasteiger partial charge is 0.466 e. The van der Waals surface area contributed by atoms with E-state index in [-0.39, 0.29) is 24.6 Å². The molecular formula is C19H35N4O5P. The van der Waals surface area contributed by atoms with Crippen LogP contribution in [0.4, 0.5) is 0 Å². The third-order valence-corrected chi connectivity index (χ3v) is 9.81. The lowest BCUT2D eigenvalue weighted by Gasteiger charge is -2.46. The van der Waals surface area contributed by atoms with E-state index < -0.39 is 12.9 Å². The molecule has 29 heavy (non-hydrogen) atoms. The Kier molecular flexibility index (Phi) is 6.12. The van der Waals surface area contributed by atoms with E-state index in [1.165, 1.54) is 0 Å². The molecule has 9 nitrogen and oxygen atoms in total. The summed E-state index contributed by atoms with van der Waals surface area (Å²) in [6.45, 7) is 15.1. The van der Waals surface area contributed by atoms with Gasteiger partial charge in [-0.3, -0.25) is 29.0 Å². The Morgan fingerprint density at radius 2 is 1.41 bits per heavy atom. The molecule has 166 valence electrons. The molecule has 0 aromatic carbocycles. The van der Waals surface area contributed by atoms with Gasteiger partial charge in [-0.1, -0.05) is 0 Å². The van der Waals surface area contributed by atoms with Crippen molar-refractivity contribution in [1.82, 2.24) is 19.6 Å². The molecule has 4 rings (SSSR count). The van der Waals surface area contributed by atoms with Gasteiger partial charge in [0.2, 0.25) is 0 Å². The van der Waals surface area contributed by atoms with Crippen LogP contribution in [-0.2, 0) is 23.1 Å². The summed E-state index contributed by atoms with van der Waals surface area (Å²) in [6, 6.07) is 0. The first-order chi connectivity index (χ1) is 13.8. The molecule has 0 aliphatic carbocycles. The Bertz CT molecular complexity index is 647. The second-order valence-electron chi connectivity index (χ2n) is 8.76. The van der Waals surface area contributed by atoms with Crippen molar-refractivity contribution in [2.24, 2.45) is 0 Å². The van der Waals surface area contributed by atoms with Crippen molar-refractivity contribution in [3.8, 4) is 0 Å². The van der Waals surface area contributed by atoms with Crippen molar-refractivity contribution >= 4 is 13.6 Å². The van der Waals surface area contributed by atoms with Crippen LogP contribution in [0.25, 0.3) is 0 Å². The van der Waals surface area contributed by atoms with Crippen LogP contribution in [0, 0.1) is 0 Å². The Hall–Kier alpha value is -0.540. The van der Waals surface area contributed by atoms with E-state index in [1.54, 1.807) is 6.92 Å². The van der Waals surface area contributed by atoms with Crippen LogP contribution in [0.1, 0.15) is 34.1 Å². The number of hydrogen-bond donors (Lipinski definition) is 0. The Morgan fingerprint density at radius 3 is 1.86 bits per heavy atom. The van der Waals surface area contributed by atoms with Gasteiger partial charge < -0.3 is 13.8 Å². The number of carbonyl (C=O) groups is 1. The summed E-state index contributed by atoms with van der Waals surface area (Å²) in [4.78, 5) is 22.2. The van der Waals surface area contributed by atoms with E-state index >= 15 is 0 Å². The maximum Gasteiger partial charge on any atom is 0.351 e. The van der Waals surface area contributed by atoms with Crippen molar-refractivity contribution < 1.29 is 23.1 Å². The Balaban J connectivity index is 1.60. The number of ether oxygens (including phenoxy) is 1. The van der Waals surface area contributed by atoms with Crippen LogP contribution < -0.4 is 0 Å². The highest BCUT2D eigenvalue weighted by molar-refractivity contribution is 7.55. The van der Waals surface area contributed by atoms with Gasteiger partial charge in [0, 0.05) is 52.4 Å². The minimum absolute atomic E-state index is 0.00683. The number of nitrogens with zero attached hydrogens (tertiary/aromatic N) is 4. The van der Waals surface area contributed by atoms with Gasteiger partial charge in [-0.15, -0.1) is 0 Å². The lowest BCUT2D eigenvalue weighted by molar-refractivity contribution is -0.145. The fourth-order valence-corrected chi connectivity index (χ4v) is 7.65. The smallest absolute Gasteiger partial charge is 0.351 e. The third-order valence-electron chi connectivity index (χ3n) is 6.97. The van der Waals surface area contributed by atoms with E-state index in [1.807, 2.05) is 20.8 Å². The summed E-state index contributed by atoms with van der Waals surface area (Å²) in [5.74, 6) is -0.363. The molecule has 3 atom stereocenters. The quantitative estimate of drug-likeness (QED) is 0.473. The highest BCUT2D eigenvalue weighted by Crippen LogP contribution is 2.67. The van der Waals surface area contributed by atoms with Crippen LogP contribution in [0.2, 0.25) is 0 Å². The van der Waals surface area contributed by atoms with Gasteiger partial charge >= 0.3 is 13.6 Å². The van der Waals surface area contributed by atoms with Crippen molar-refractivity contribution in [3.05, 3.63) is 0 Å². The molecule has 0 aromatic rings. The SMILES string of the molecule is CCOC(=O)CC(C)(N1CCN2CCN3CCN(CC1)C32)P1(=O)OC(C)C(C)O1. The molecule has 0 spiro atoms. The zero-order valence-corrected chi connectivity index (χ0v) is 19.0. The summed E-state index contributed by atoms with van der Waals surface area (Å²) < 4.78 is 31.0. The van der Waals surface area contributed by atoms with Gasteiger partial charge in [0.25, 0.3) is 0 Å². The zero-order valence-electron chi connectivity index (χ0n) is 18.1. The fraction of sp³-hybridized carbons (Fsp3) is 0.947. The molecule has 0 amide bonds. The average Bonchev–Trinajstić information content (AvgIpc) is 3.27. The summed E-state index contributed by atoms with van der Waals surface area (Å²) in [5.41, 5.74) is 0. The minimum Gasteiger partial charge on any atom is -0.466 e. The van der Waals surface area contributed by atoms with E-state index in [4.69, 9.17) is 13.8 Å². The zero-order chi connectivity index (χ0) is 20.8. The monoisotopic (exact) mass is 430 g/mol. The number of hydrogen-bond acceptors (Lipinski definition) is 9. The van der Waals surface area contributed by atoms with E-state index in [9.17, 15) is 9.36 Å². The molecule has 0 N–H and O–H groups in total. The third kappa shape index (κ3) is 3.80. The minimum atomic E-state index is -3.55. The van der Waals surface area contributed by atoms with Crippen LogP contribution in [-0.4, -0.2) is 108 Å². The number of esters is 1. The molecular weight excluding hydrogens is 395 g/mol. The van der Waals surface area contributed by atoms with Gasteiger partial charge in [-0.2, -0.15) is 0 Å². The van der Waals surface area contributed by atoms with E-state index in [0.29, 0.717) is 26.0 Å². The molecule has 4 aliphatic rings. The predicted molar refractivity (Wildman–Crippen MR) is 108 cm³/mol. The van der Waals surface area contributed by atoms with Crippen molar-refractivity contribution in [2.45, 2.75) is 57.9 Å². The first kappa shape index (κ1) is 21.7. The first-order valence-electron chi connectivity index (χ1n) is 10.9. The van der Waals surface area contributed by atoms with Gasteiger partial charge in [0.15, 0.2) is 0 Å². The number of carbonyl (C=O) groups excluding carboxylic acids is 1. The van der Waals surface area contributed by atoms with Gasteiger partial charge in [0.1, 0.15) is 11.6 Å². The summed E-state index contributed by atoms with van der Waals surface area (Å²) >= 11 is 0. The normalized spacial score (nSPS) is 37.2. The molecule has 0 radical (unpaired) electrons. The Morgan fingerprint density at radius 1 is 0.966 bits per heavy atom. The summed E-state index contributed by atoms with van der Waals surface area (Å²) in [7, 11) is -3.55. The highest BCUT2D eigenvalue weighted by atomic mass is 31.2. The van der Waals surface area contributed by atoms with Crippen LogP contribution in [0.5, 0.6) is 0 Å². The second kappa shape index (κ2) is 8.19. The van der Waals surface area contributed by atoms with Crippen molar-refractivity contribution in [3.63, 3.8) is 0 Å². The maximum absolute atomic E-state index is 14.0. The lowest BCUT2D eigenvalue weighted by Crippen LogP contribution is -2.58. The van der Waals surface area contributed by atoms with Gasteiger partial charge in [-0.05, 0) is 27.7 Å². The summed E-state index contributed by atoms with van der Waals surface area (Å²) in [6.07, 6.45) is -0.157. The second-order valence-corrected chi connectivity index (χ2v) is 11.1. The predicted octanol–water partition coefficient (Wildman–Crippen LogP) is 1.21. The van der Waals surface area contributed by atoms with E-state index in [0.717, 1.165) is 39.3 Å². The van der Waals surface area contributed by atoms with Crippen molar-refractivity contribution in [2.75, 3.05) is 59.0 Å². The molecule has 4 aliphatic heterocycles. The molecule has 0 bridgehead atoms. The van der Waals surface area contributed by atoms with Crippen LogP contribution in [0.3, 0.4) is 0 Å². The Labute approximate surface area is 173 Å². The van der Waals surface area contributed by atoms with Gasteiger partial charge in [-0.25, -0.2) is 0 Å². The maximum atomic E-state index is 14.0. The number of rotatable bonds is 5. The molecule has 0 saturated carbocycles. The average molecular weight is 430 g/mol. The molecule has 3 unspecified atom stereocenters. The first-order valence-corrected chi connectivity index (χ1v) is 12.4. The van der Waals surface area contributed by atoms with Crippen molar-refractivity contribution in [1.29, 1.82) is 0 Å². The molecule has 4 heterocycles. The topological polar surface area (TPSA) is 74.8 Å². The standard InChI is InChI=1S/C19H35N4O5P/c1-5-26-17(24)14-19(4,29(25)27-15(2)16(3)28-29)23-12-10-21-8-6-20-7-9-22(11-13-23)18(20)21/h15-16,18H,5-14H2,1-4H3. The molecule has 0 aromatic heterocycles. The molecule has 4 fully saturated rings. The lowest BCUT2D eigenvalue weighted by atomic mass is 10.1. The highest BCUT2D eigenvalue weighted by Gasteiger charge is 2.58. The summed E-state index contributed by atoms with van der Waals surface area (Å²) in [5, 5.41) is -1.05. The van der Waals surface area contributed by atoms with Gasteiger partial charge in [0.05, 0.1) is 25.2 Å². The van der Waals surface area contributed by atoms with Crippen LogP contribution >= 0.6 is 7.60 Å². The molecule has 4 saturated heterocycles. The molecule has 10 heteroatoms. The fourth-order valence-electron chi connectivity index (χ4n) is 5.06.